The Morgan fingerprint density at radius 1 is 1.05 bits per heavy atom. The molecule has 42 heavy (non-hydrogen) atoms. The summed E-state index contributed by atoms with van der Waals surface area (Å²) >= 11 is 6.62. The summed E-state index contributed by atoms with van der Waals surface area (Å²) in [6.07, 6.45) is 22.4. The van der Waals surface area contributed by atoms with Crippen LogP contribution >= 0.6 is 11.6 Å². The number of unbranched alkanes of at least 4 members (excludes halogenated alkanes) is 3. The number of hydrogen-bond acceptors (Lipinski definition) is 1. The maximum atomic E-state index is 14.5. The first-order valence-electron chi connectivity index (χ1n) is 17.2. The fourth-order valence-electron chi connectivity index (χ4n) is 6.64. The van der Waals surface area contributed by atoms with Crippen molar-refractivity contribution >= 4 is 23.6 Å². The lowest BCUT2D eigenvalue weighted by Gasteiger charge is -2.32. The highest BCUT2D eigenvalue weighted by Crippen LogP contribution is 2.37. The van der Waals surface area contributed by atoms with Crippen LogP contribution in [0, 0.1) is 17.8 Å². The maximum Gasteiger partial charge on any atom is 0.253 e. The number of nitrogens with one attached hydrogen (secondary N) is 1. The van der Waals surface area contributed by atoms with Crippen molar-refractivity contribution in [3.8, 4) is 0 Å². The van der Waals surface area contributed by atoms with E-state index in [2.05, 4.69) is 71.2 Å². The molecule has 5 atom stereocenters. The Bertz CT molecular complexity index is 1010. The number of halogens is 2. The topological polar surface area (TPSA) is 29.1 Å². The predicted molar refractivity (Wildman–Crippen MR) is 182 cm³/mol. The summed E-state index contributed by atoms with van der Waals surface area (Å²) in [7, 11) is 0. The predicted octanol–water partition coefficient (Wildman–Crippen LogP) is 12.3. The van der Waals surface area contributed by atoms with E-state index < -0.39 is 5.67 Å². The van der Waals surface area contributed by atoms with Crippen molar-refractivity contribution in [1.82, 2.24) is 5.32 Å². The second-order valence-electron chi connectivity index (χ2n) is 13.6. The van der Waals surface area contributed by atoms with Crippen LogP contribution in [-0.2, 0) is 0 Å². The molecule has 1 fully saturated rings. The van der Waals surface area contributed by atoms with E-state index in [1.807, 2.05) is 6.07 Å². The van der Waals surface area contributed by atoms with Gasteiger partial charge in [0.15, 0.2) is 0 Å². The van der Waals surface area contributed by atoms with Gasteiger partial charge in [-0.1, -0.05) is 129 Å². The SMILES string of the molecule is CCCC(C)CCCC(C)C1=C\CC(C)c2ccc(Cl)c(C(=O)NCC3CCCC(C)(F)C3)c2/C=C\1.CCCCCC. The first-order chi connectivity index (χ1) is 20.0. The summed E-state index contributed by atoms with van der Waals surface area (Å²) in [4.78, 5) is 13.4. The van der Waals surface area contributed by atoms with Gasteiger partial charge in [0.1, 0.15) is 5.67 Å². The molecule has 0 aliphatic heterocycles. The third-order valence-electron chi connectivity index (χ3n) is 9.35. The number of rotatable bonds is 13. The van der Waals surface area contributed by atoms with Gasteiger partial charge >= 0.3 is 0 Å². The van der Waals surface area contributed by atoms with Gasteiger partial charge in [0.05, 0.1) is 10.6 Å². The van der Waals surface area contributed by atoms with Crippen LogP contribution in [0.25, 0.3) is 6.08 Å². The lowest BCUT2D eigenvalue weighted by molar-refractivity contribution is 0.0838. The van der Waals surface area contributed by atoms with Crippen LogP contribution in [0.1, 0.15) is 166 Å². The Hall–Kier alpha value is -1.61. The van der Waals surface area contributed by atoms with Crippen molar-refractivity contribution in [2.24, 2.45) is 17.8 Å². The van der Waals surface area contributed by atoms with E-state index >= 15 is 0 Å². The van der Waals surface area contributed by atoms with Gasteiger partial charge < -0.3 is 5.32 Å². The molecule has 1 aromatic rings. The summed E-state index contributed by atoms with van der Waals surface area (Å²) in [5.74, 6) is 1.61. The van der Waals surface area contributed by atoms with E-state index in [0.717, 1.165) is 36.3 Å². The summed E-state index contributed by atoms with van der Waals surface area (Å²) < 4.78 is 14.5. The molecule has 0 aromatic heterocycles. The minimum atomic E-state index is -1.13. The van der Waals surface area contributed by atoms with Crippen LogP contribution in [0.5, 0.6) is 0 Å². The monoisotopic (exact) mass is 601 g/mol. The van der Waals surface area contributed by atoms with E-state index in [0.29, 0.717) is 41.8 Å². The zero-order chi connectivity index (χ0) is 31.1. The molecule has 0 heterocycles. The van der Waals surface area contributed by atoms with Crippen LogP contribution in [0.15, 0.2) is 29.9 Å². The van der Waals surface area contributed by atoms with Gasteiger partial charge in [-0.05, 0) is 91.9 Å². The highest BCUT2D eigenvalue weighted by Gasteiger charge is 2.32. The molecule has 3 rings (SSSR count). The van der Waals surface area contributed by atoms with Crippen LogP contribution in [0.2, 0.25) is 5.02 Å². The summed E-state index contributed by atoms with van der Waals surface area (Å²) in [6, 6.07) is 3.92. The van der Waals surface area contributed by atoms with Crippen LogP contribution in [0.4, 0.5) is 4.39 Å². The molecule has 238 valence electrons. The van der Waals surface area contributed by atoms with Crippen molar-refractivity contribution in [3.63, 3.8) is 0 Å². The number of fused-ring (bicyclic) bond motifs is 1. The Morgan fingerprint density at radius 3 is 2.40 bits per heavy atom. The van der Waals surface area contributed by atoms with Crippen LogP contribution in [0.3, 0.4) is 0 Å². The smallest absolute Gasteiger partial charge is 0.253 e. The standard InChI is InChI=1S/C32H47ClFNO.C6H14/c1-6-9-22(2)10-7-11-23(3)26-14-13-24(4)27-17-18-29(33)30(28(27)16-15-26)31(36)35-21-25-12-8-19-32(5,34)20-25;1-3-5-6-4-2/h14-18,22-25H,6-13,19-21H2,1-5H3,(H,35,36);3-6H2,1-2H3/b16-15-,26-14-;. The molecule has 2 nitrogen and oxygen atoms in total. The van der Waals surface area contributed by atoms with Gasteiger partial charge in [-0.25, -0.2) is 4.39 Å². The number of benzene rings is 1. The second kappa shape index (κ2) is 18.9. The van der Waals surface area contributed by atoms with Gasteiger partial charge in [-0.15, -0.1) is 0 Å². The minimum Gasteiger partial charge on any atom is -0.352 e. The third kappa shape index (κ3) is 12.2. The number of carbonyl (C=O) groups excluding carboxylic acids is 1. The quantitative estimate of drug-likeness (QED) is 0.224. The zero-order valence-electron chi connectivity index (χ0n) is 28.0. The molecule has 1 amide bonds. The zero-order valence-corrected chi connectivity index (χ0v) is 28.7. The normalized spacial score (nSPS) is 25.4. The molecular formula is C38H61ClFNO. The molecule has 5 unspecified atom stereocenters. The van der Waals surface area contributed by atoms with E-state index in [1.54, 1.807) is 6.92 Å². The highest BCUT2D eigenvalue weighted by molar-refractivity contribution is 6.34. The Balaban J connectivity index is 0.000000928. The number of carbonyl (C=O) groups is 1. The molecule has 1 saturated carbocycles. The molecule has 1 aromatic carbocycles. The van der Waals surface area contributed by atoms with Crippen LogP contribution < -0.4 is 5.32 Å². The number of allylic oxidation sites excluding steroid dienone is 3. The van der Waals surface area contributed by atoms with Crippen molar-refractivity contribution in [2.45, 2.75) is 150 Å². The van der Waals surface area contributed by atoms with Gasteiger partial charge in [0, 0.05) is 6.54 Å². The van der Waals surface area contributed by atoms with Gasteiger partial charge in [-0.3, -0.25) is 4.79 Å². The minimum absolute atomic E-state index is 0.149. The van der Waals surface area contributed by atoms with Gasteiger partial charge in [0.2, 0.25) is 0 Å². The molecule has 0 radical (unpaired) electrons. The van der Waals surface area contributed by atoms with Crippen molar-refractivity contribution in [1.29, 1.82) is 0 Å². The number of hydrogen-bond donors (Lipinski definition) is 1. The average molecular weight is 602 g/mol. The van der Waals surface area contributed by atoms with E-state index in [1.165, 1.54) is 63.4 Å². The van der Waals surface area contributed by atoms with E-state index in [4.69, 9.17) is 11.6 Å². The van der Waals surface area contributed by atoms with Crippen molar-refractivity contribution in [3.05, 3.63) is 51.6 Å². The van der Waals surface area contributed by atoms with Crippen LogP contribution in [-0.4, -0.2) is 18.1 Å². The first kappa shape index (κ1) is 36.6. The number of alkyl halides is 1. The van der Waals surface area contributed by atoms with Crippen molar-refractivity contribution < 1.29 is 9.18 Å². The largest absolute Gasteiger partial charge is 0.352 e. The Kier molecular flexibility index (Phi) is 16.5. The van der Waals surface area contributed by atoms with Crippen molar-refractivity contribution in [2.75, 3.05) is 6.54 Å². The molecule has 1 N–H and O–H groups in total. The van der Waals surface area contributed by atoms with E-state index in [9.17, 15) is 9.18 Å². The average Bonchev–Trinajstić information content (AvgIpc) is 2.93. The molecule has 0 bridgehead atoms. The lowest BCUT2D eigenvalue weighted by atomic mass is 9.80. The Morgan fingerprint density at radius 2 is 1.76 bits per heavy atom. The lowest BCUT2D eigenvalue weighted by Crippen LogP contribution is -2.36. The molecule has 0 spiro atoms. The summed E-state index contributed by atoms with van der Waals surface area (Å²) in [6.45, 7) is 15.8. The maximum absolute atomic E-state index is 14.5. The number of amides is 1. The molecule has 2 aliphatic rings. The Labute approximate surface area is 263 Å². The fourth-order valence-corrected chi connectivity index (χ4v) is 6.89. The van der Waals surface area contributed by atoms with Gasteiger partial charge in [-0.2, -0.15) is 0 Å². The van der Waals surface area contributed by atoms with Gasteiger partial charge in [0.25, 0.3) is 5.91 Å². The summed E-state index contributed by atoms with van der Waals surface area (Å²) in [5, 5.41) is 3.57. The molecule has 2 aliphatic carbocycles. The highest BCUT2D eigenvalue weighted by atomic mass is 35.5. The van der Waals surface area contributed by atoms with E-state index in [-0.39, 0.29) is 11.8 Å². The molecule has 4 heteroatoms. The molecular weight excluding hydrogens is 541 g/mol. The second-order valence-corrected chi connectivity index (χ2v) is 14.0. The summed E-state index contributed by atoms with van der Waals surface area (Å²) in [5.41, 5.74) is 2.87. The first-order valence-corrected chi connectivity index (χ1v) is 17.6. The fraction of sp³-hybridized carbons (Fsp3) is 0.711. The molecule has 0 saturated heterocycles. The third-order valence-corrected chi connectivity index (χ3v) is 9.67.